The van der Waals surface area contributed by atoms with Crippen LogP contribution in [0.2, 0.25) is 0 Å². The number of nitrogens with zero attached hydrogens (tertiary/aromatic N) is 3. The molecule has 1 aromatic rings. The van der Waals surface area contributed by atoms with Crippen LogP contribution in [0, 0.1) is 0 Å². The fourth-order valence-corrected chi connectivity index (χ4v) is 1.09. The molecule has 0 radical (unpaired) electrons. The molecule has 6 nitrogen and oxygen atoms in total. The summed E-state index contributed by atoms with van der Waals surface area (Å²) in [6, 6.07) is -0.658. The van der Waals surface area contributed by atoms with E-state index in [0.29, 0.717) is 6.42 Å². The number of carboxylic acids is 1. The van der Waals surface area contributed by atoms with E-state index in [1.165, 1.54) is 10.9 Å². The van der Waals surface area contributed by atoms with E-state index >= 15 is 0 Å². The van der Waals surface area contributed by atoms with Crippen LogP contribution in [0.1, 0.15) is 25.8 Å². The first-order valence-corrected chi connectivity index (χ1v) is 4.05. The predicted molar refractivity (Wildman–Crippen MR) is 46.0 cm³/mol. The van der Waals surface area contributed by atoms with Gasteiger partial charge >= 0.3 is 5.97 Å². The van der Waals surface area contributed by atoms with Crippen LogP contribution in [-0.4, -0.2) is 26.1 Å². The Kier molecular flexibility index (Phi) is 2.84. The maximum Gasteiger partial charge on any atom is 0.328 e. The number of nitrogen functional groups attached to an aromatic ring is 1. The zero-order valence-electron chi connectivity index (χ0n) is 7.34. The first kappa shape index (κ1) is 9.50. The molecule has 0 aliphatic carbocycles. The zero-order valence-corrected chi connectivity index (χ0v) is 7.34. The standard InChI is InChI=1S/C7H12N4O2/c1-2-3-5(7(12)13)11-4-6(8)9-10-11/h4-5H,2-3,8H2,1H3,(H,12,13). The van der Waals surface area contributed by atoms with E-state index in [1.54, 1.807) is 0 Å². The Morgan fingerprint density at radius 2 is 2.54 bits per heavy atom. The second kappa shape index (κ2) is 3.88. The Hall–Kier alpha value is -1.59. The first-order chi connectivity index (χ1) is 6.15. The minimum absolute atomic E-state index is 0.238. The van der Waals surface area contributed by atoms with Gasteiger partial charge in [0.15, 0.2) is 11.9 Å². The van der Waals surface area contributed by atoms with Crippen LogP contribution in [0.25, 0.3) is 0 Å². The molecule has 1 unspecified atom stereocenters. The summed E-state index contributed by atoms with van der Waals surface area (Å²) in [5.41, 5.74) is 5.33. The second-order valence-electron chi connectivity index (χ2n) is 2.77. The summed E-state index contributed by atoms with van der Waals surface area (Å²) in [4.78, 5) is 10.8. The smallest absolute Gasteiger partial charge is 0.328 e. The van der Waals surface area contributed by atoms with Crippen LogP contribution in [0.5, 0.6) is 0 Å². The molecule has 0 fully saturated rings. The van der Waals surface area contributed by atoms with Gasteiger partial charge in [-0.1, -0.05) is 18.6 Å². The van der Waals surface area contributed by atoms with E-state index in [2.05, 4.69) is 10.3 Å². The maximum atomic E-state index is 10.8. The third-order valence-electron chi connectivity index (χ3n) is 1.69. The van der Waals surface area contributed by atoms with Crippen molar-refractivity contribution in [1.29, 1.82) is 0 Å². The summed E-state index contributed by atoms with van der Waals surface area (Å²) in [5.74, 6) is -0.672. The second-order valence-corrected chi connectivity index (χ2v) is 2.77. The minimum Gasteiger partial charge on any atom is -0.480 e. The molecule has 13 heavy (non-hydrogen) atoms. The average Bonchev–Trinajstić information content (AvgIpc) is 2.46. The van der Waals surface area contributed by atoms with Crippen molar-refractivity contribution in [2.24, 2.45) is 0 Å². The Labute approximate surface area is 75.3 Å². The molecule has 6 heteroatoms. The van der Waals surface area contributed by atoms with Crippen molar-refractivity contribution in [3.63, 3.8) is 0 Å². The number of carboxylic acid groups (broad SMARTS) is 1. The fourth-order valence-electron chi connectivity index (χ4n) is 1.09. The molecular formula is C7H12N4O2. The molecule has 0 saturated carbocycles. The van der Waals surface area contributed by atoms with Gasteiger partial charge in [0, 0.05) is 0 Å². The van der Waals surface area contributed by atoms with Crippen molar-refractivity contribution >= 4 is 11.8 Å². The highest BCUT2D eigenvalue weighted by Gasteiger charge is 2.19. The van der Waals surface area contributed by atoms with Gasteiger partial charge in [-0.3, -0.25) is 0 Å². The molecule has 0 amide bonds. The van der Waals surface area contributed by atoms with Crippen LogP contribution in [0.4, 0.5) is 5.82 Å². The van der Waals surface area contributed by atoms with Crippen LogP contribution in [-0.2, 0) is 4.79 Å². The fraction of sp³-hybridized carbons (Fsp3) is 0.571. The average molecular weight is 184 g/mol. The van der Waals surface area contributed by atoms with Gasteiger partial charge in [0.05, 0.1) is 6.20 Å². The summed E-state index contributed by atoms with van der Waals surface area (Å²) in [6.45, 7) is 1.91. The Balaban J connectivity index is 2.81. The van der Waals surface area contributed by atoms with Gasteiger partial charge in [-0.2, -0.15) is 0 Å². The van der Waals surface area contributed by atoms with Gasteiger partial charge in [0.2, 0.25) is 0 Å². The van der Waals surface area contributed by atoms with Gasteiger partial charge < -0.3 is 10.8 Å². The van der Waals surface area contributed by atoms with Gasteiger partial charge in [-0.15, -0.1) is 5.10 Å². The van der Waals surface area contributed by atoms with Crippen molar-refractivity contribution in [1.82, 2.24) is 15.0 Å². The monoisotopic (exact) mass is 184 g/mol. The molecule has 0 bridgehead atoms. The van der Waals surface area contributed by atoms with E-state index < -0.39 is 12.0 Å². The largest absolute Gasteiger partial charge is 0.480 e. The van der Waals surface area contributed by atoms with Crippen LogP contribution in [0.3, 0.4) is 0 Å². The molecule has 1 aromatic heterocycles. The normalized spacial score (nSPS) is 12.7. The van der Waals surface area contributed by atoms with Crippen LogP contribution < -0.4 is 5.73 Å². The molecule has 0 saturated heterocycles. The topological polar surface area (TPSA) is 94.0 Å². The molecule has 72 valence electrons. The Morgan fingerprint density at radius 3 is 2.92 bits per heavy atom. The van der Waals surface area contributed by atoms with E-state index in [4.69, 9.17) is 10.8 Å². The zero-order chi connectivity index (χ0) is 9.84. The van der Waals surface area contributed by atoms with E-state index in [1.807, 2.05) is 6.92 Å². The quantitative estimate of drug-likeness (QED) is 0.701. The van der Waals surface area contributed by atoms with Gasteiger partial charge in [0.25, 0.3) is 0 Å². The van der Waals surface area contributed by atoms with Crippen LogP contribution in [0.15, 0.2) is 6.20 Å². The molecule has 0 spiro atoms. The van der Waals surface area contributed by atoms with Crippen LogP contribution >= 0.6 is 0 Å². The highest BCUT2D eigenvalue weighted by molar-refractivity contribution is 5.71. The first-order valence-electron chi connectivity index (χ1n) is 4.05. The van der Waals surface area contributed by atoms with Gasteiger partial charge in [-0.25, -0.2) is 9.48 Å². The van der Waals surface area contributed by atoms with E-state index in [-0.39, 0.29) is 5.82 Å². The van der Waals surface area contributed by atoms with Crippen molar-refractivity contribution in [2.75, 3.05) is 5.73 Å². The predicted octanol–water partition coefficient (Wildman–Crippen LogP) is 0.286. The molecule has 0 aliphatic rings. The number of rotatable bonds is 4. The lowest BCUT2D eigenvalue weighted by molar-refractivity contribution is -0.141. The number of hydrogen-bond donors (Lipinski definition) is 2. The summed E-state index contributed by atoms with van der Waals surface area (Å²) in [6.07, 6.45) is 2.73. The number of aromatic nitrogens is 3. The number of carbonyl (C=O) groups is 1. The lowest BCUT2D eigenvalue weighted by atomic mass is 10.2. The molecule has 0 aromatic carbocycles. The molecule has 1 rings (SSSR count). The lowest BCUT2D eigenvalue weighted by Gasteiger charge is -2.09. The summed E-state index contributed by atoms with van der Waals surface area (Å²) in [5, 5.41) is 16.0. The van der Waals surface area contributed by atoms with Crippen molar-refractivity contribution < 1.29 is 9.90 Å². The minimum atomic E-state index is -0.910. The SMILES string of the molecule is CCCC(C(=O)O)n1cc(N)nn1. The number of hydrogen-bond acceptors (Lipinski definition) is 4. The van der Waals surface area contributed by atoms with Crippen molar-refractivity contribution in [3.8, 4) is 0 Å². The van der Waals surface area contributed by atoms with Crippen molar-refractivity contribution in [3.05, 3.63) is 6.20 Å². The number of nitrogens with two attached hydrogens (primary N) is 1. The van der Waals surface area contributed by atoms with Crippen molar-refractivity contribution in [2.45, 2.75) is 25.8 Å². The molecular weight excluding hydrogens is 172 g/mol. The summed E-state index contributed by atoms with van der Waals surface area (Å²) in [7, 11) is 0. The maximum absolute atomic E-state index is 10.8. The number of aliphatic carboxylic acids is 1. The molecule has 3 N–H and O–H groups in total. The molecule has 1 atom stereocenters. The number of anilines is 1. The third kappa shape index (κ3) is 2.17. The highest BCUT2D eigenvalue weighted by Crippen LogP contribution is 2.13. The lowest BCUT2D eigenvalue weighted by Crippen LogP contribution is -2.19. The third-order valence-corrected chi connectivity index (χ3v) is 1.69. The summed E-state index contributed by atoms with van der Waals surface area (Å²) < 4.78 is 1.28. The highest BCUT2D eigenvalue weighted by atomic mass is 16.4. The van der Waals surface area contributed by atoms with Gasteiger partial charge in [0.1, 0.15) is 0 Å². The van der Waals surface area contributed by atoms with E-state index in [9.17, 15) is 4.79 Å². The Bertz CT molecular complexity index is 296. The van der Waals surface area contributed by atoms with Gasteiger partial charge in [-0.05, 0) is 6.42 Å². The van der Waals surface area contributed by atoms with E-state index in [0.717, 1.165) is 6.42 Å². The molecule has 0 aliphatic heterocycles. The summed E-state index contributed by atoms with van der Waals surface area (Å²) >= 11 is 0. The Morgan fingerprint density at radius 1 is 1.85 bits per heavy atom. The molecule has 1 heterocycles.